The van der Waals surface area contributed by atoms with E-state index in [1.54, 1.807) is 6.26 Å². The summed E-state index contributed by atoms with van der Waals surface area (Å²) in [6, 6.07) is 13.9. The SMILES string of the molecule is C[C@H](CCc1ccco1)Nc1ccccc1C#N. The average molecular weight is 240 g/mol. The number of benzene rings is 1. The maximum atomic E-state index is 9.01. The zero-order valence-corrected chi connectivity index (χ0v) is 10.4. The lowest BCUT2D eigenvalue weighted by Crippen LogP contribution is -2.16. The third-order valence-electron chi connectivity index (χ3n) is 2.85. The van der Waals surface area contributed by atoms with Crippen molar-refractivity contribution in [3.05, 3.63) is 54.0 Å². The fourth-order valence-corrected chi connectivity index (χ4v) is 1.86. The molecule has 1 atom stereocenters. The van der Waals surface area contributed by atoms with Crippen LogP contribution in [0.5, 0.6) is 0 Å². The van der Waals surface area contributed by atoms with E-state index in [-0.39, 0.29) is 0 Å². The molecular formula is C15H16N2O. The number of para-hydroxylation sites is 1. The van der Waals surface area contributed by atoms with Crippen LogP contribution in [0, 0.1) is 11.3 Å². The maximum absolute atomic E-state index is 9.01. The van der Waals surface area contributed by atoms with Crippen LogP contribution in [0.25, 0.3) is 0 Å². The van der Waals surface area contributed by atoms with Gasteiger partial charge in [-0.1, -0.05) is 12.1 Å². The lowest BCUT2D eigenvalue weighted by Gasteiger charge is -2.15. The van der Waals surface area contributed by atoms with Crippen LogP contribution in [-0.4, -0.2) is 6.04 Å². The number of anilines is 1. The third-order valence-corrected chi connectivity index (χ3v) is 2.85. The van der Waals surface area contributed by atoms with E-state index >= 15 is 0 Å². The first-order valence-electron chi connectivity index (χ1n) is 6.07. The van der Waals surface area contributed by atoms with Crippen LogP contribution in [0.2, 0.25) is 0 Å². The quantitative estimate of drug-likeness (QED) is 0.868. The van der Waals surface area contributed by atoms with Gasteiger partial charge >= 0.3 is 0 Å². The fraction of sp³-hybridized carbons (Fsp3) is 0.267. The second-order valence-electron chi connectivity index (χ2n) is 4.32. The van der Waals surface area contributed by atoms with Gasteiger partial charge in [0.2, 0.25) is 0 Å². The van der Waals surface area contributed by atoms with Crippen LogP contribution in [0.15, 0.2) is 47.1 Å². The summed E-state index contributed by atoms with van der Waals surface area (Å²) < 4.78 is 5.30. The Morgan fingerprint density at radius 2 is 2.11 bits per heavy atom. The molecule has 0 aliphatic rings. The molecule has 0 fully saturated rings. The first-order chi connectivity index (χ1) is 8.79. The van der Waals surface area contributed by atoms with Crippen LogP contribution in [0.4, 0.5) is 5.69 Å². The van der Waals surface area contributed by atoms with Crippen molar-refractivity contribution in [3.8, 4) is 6.07 Å². The Kier molecular flexibility index (Phi) is 4.03. The van der Waals surface area contributed by atoms with Crippen molar-refractivity contribution in [2.75, 3.05) is 5.32 Å². The van der Waals surface area contributed by atoms with E-state index in [2.05, 4.69) is 18.3 Å². The van der Waals surface area contributed by atoms with E-state index in [0.717, 1.165) is 24.3 Å². The van der Waals surface area contributed by atoms with E-state index in [1.807, 2.05) is 36.4 Å². The zero-order chi connectivity index (χ0) is 12.8. The normalized spacial score (nSPS) is 11.8. The van der Waals surface area contributed by atoms with Gasteiger partial charge in [0.25, 0.3) is 0 Å². The average Bonchev–Trinajstić information content (AvgIpc) is 2.90. The van der Waals surface area contributed by atoms with Gasteiger partial charge in [0.05, 0.1) is 17.5 Å². The highest BCUT2D eigenvalue weighted by Gasteiger charge is 2.06. The summed E-state index contributed by atoms with van der Waals surface area (Å²) in [5, 5.41) is 12.4. The predicted molar refractivity (Wildman–Crippen MR) is 71.3 cm³/mol. The van der Waals surface area contributed by atoms with Gasteiger partial charge in [-0.2, -0.15) is 5.26 Å². The number of nitrogens with zero attached hydrogens (tertiary/aromatic N) is 1. The van der Waals surface area contributed by atoms with Gasteiger partial charge in [0, 0.05) is 12.5 Å². The molecule has 0 aliphatic carbocycles. The Morgan fingerprint density at radius 1 is 1.28 bits per heavy atom. The van der Waals surface area contributed by atoms with Gasteiger partial charge < -0.3 is 9.73 Å². The highest BCUT2D eigenvalue weighted by atomic mass is 16.3. The Labute approximate surface area is 107 Å². The van der Waals surface area contributed by atoms with Crippen molar-refractivity contribution in [2.45, 2.75) is 25.8 Å². The van der Waals surface area contributed by atoms with Crippen molar-refractivity contribution in [3.63, 3.8) is 0 Å². The largest absolute Gasteiger partial charge is 0.469 e. The molecule has 0 spiro atoms. The Balaban J connectivity index is 1.91. The molecule has 3 nitrogen and oxygen atoms in total. The topological polar surface area (TPSA) is 49.0 Å². The lowest BCUT2D eigenvalue weighted by atomic mass is 10.1. The predicted octanol–water partition coefficient (Wildman–Crippen LogP) is 3.58. The molecule has 2 aromatic rings. The Bertz CT molecular complexity index is 526. The van der Waals surface area contributed by atoms with Crippen LogP contribution in [0.1, 0.15) is 24.7 Å². The smallest absolute Gasteiger partial charge is 0.103 e. The highest BCUT2D eigenvalue weighted by Crippen LogP contribution is 2.16. The van der Waals surface area contributed by atoms with Gasteiger partial charge in [-0.25, -0.2) is 0 Å². The summed E-state index contributed by atoms with van der Waals surface area (Å²) in [6.45, 7) is 2.11. The van der Waals surface area contributed by atoms with Gasteiger partial charge in [0.15, 0.2) is 0 Å². The molecule has 1 N–H and O–H groups in total. The summed E-state index contributed by atoms with van der Waals surface area (Å²) in [6.07, 6.45) is 3.56. The second-order valence-corrected chi connectivity index (χ2v) is 4.32. The molecule has 0 amide bonds. The molecule has 0 saturated carbocycles. The minimum absolute atomic E-state index is 0.296. The summed E-state index contributed by atoms with van der Waals surface area (Å²) in [5.41, 5.74) is 1.58. The highest BCUT2D eigenvalue weighted by molar-refractivity contribution is 5.57. The molecule has 0 unspecified atom stereocenters. The van der Waals surface area contributed by atoms with Crippen LogP contribution >= 0.6 is 0 Å². The van der Waals surface area contributed by atoms with Gasteiger partial charge in [-0.15, -0.1) is 0 Å². The molecule has 1 aromatic heterocycles. The summed E-state index contributed by atoms with van der Waals surface area (Å²) >= 11 is 0. The van der Waals surface area contributed by atoms with Crippen LogP contribution in [-0.2, 0) is 6.42 Å². The molecule has 2 rings (SSSR count). The molecule has 3 heteroatoms. The van der Waals surface area contributed by atoms with Crippen molar-refractivity contribution >= 4 is 5.69 Å². The van der Waals surface area contributed by atoms with E-state index < -0.39 is 0 Å². The third kappa shape index (κ3) is 3.14. The first-order valence-corrected chi connectivity index (χ1v) is 6.07. The number of rotatable bonds is 5. The Morgan fingerprint density at radius 3 is 2.83 bits per heavy atom. The molecular weight excluding hydrogens is 224 g/mol. The summed E-state index contributed by atoms with van der Waals surface area (Å²) in [5.74, 6) is 0.997. The summed E-state index contributed by atoms with van der Waals surface area (Å²) in [7, 11) is 0. The minimum Gasteiger partial charge on any atom is -0.469 e. The van der Waals surface area contributed by atoms with Crippen molar-refractivity contribution in [2.24, 2.45) is 0 Å². The number of furan rings is 1. The Hall–Kier alpha value is -2.21. The molecule has 92 valence electrons. The van der Waals surface area contributed by atoms with Gasteiger partial charge in [0.1, 0.15) is 11.8 Å². The number of nitrogens with one attached hydrogen (secondary N) is 1. The van der Waals surface area contributed by atoms with E-state index in [1.165, 1.54) is 0 Å². The van der Waals surface area contributed by atoms with E-state index in [9.17, 15) is 0 Å². The molecule has 0 aliphatic heterocycles. The first kappa shape index (κ1) is 12.3. The molecule has 0 saturated heterocycles. The number of aryl methyl sites for hydroxylation is 1. The van der Waals surface area contributed by atoms with Gasteiger partial charge in [-0.05, 0) is 37.6 Å². The molecule has 1 aromatic carbocycles. The monoisotopic (exact) mass is 240 g/mol. The summed E-state index contributed by atoms with van der Waals surface area (Å²) in [4.78, 5) is 0. The molecule has 0 radical (unpaired) electrons. The van der Waals surface area contributed by atoms with Crippen molar-refractivity contribution in [1.82, 2.24) is 0 Å². The maximum Gasteiger partial charge on any atom is 0.103 e. The van der Waals surface area contributed by atoms with Crippen molar-refractivity contribution < 1.29 is 4.42 Å². The van der Waals surface area contributed by atoms with E-state index in [0.29, 0.717) is 11.6 Å². The second kappa shape index (κ2) is 5.92. The standard InChI is InChI=1S/C15H16N2O/c1-12(8-9-14-6-4-10-18-14)17-15-7-3-2-5-13(15)11-16/h2-7,10,12,17H,8-9H2,1H3/t12-/m1/s1. The molecule has 0 bridgehead atoms. The number of hydrogen-bond acceptors (Lipinski definition) is 3. The fourth-order valence-electron chi connectivity index (χ4n) is 1.86. The lowest BCUT2D eigenvalue weighted by molar-refractivity contribution is 0.495. The van der Waals surface area contributed by atoms with E-state index in [4.69, 9.17) is 9.68 Å². The van der Waals surface area contributed by atoms with Gasteiger partial charge in [-0.3, -0.25) is 0 Å². The molecule has 18 heavy (non-hydrogen) atoms. The number of nitriles is 1. The van der Waals surface area contributed by atoms with Crippen molar-refractivity contribution in [1.29, 1.82) is 5.26 Å². The zero-order valence-electron chi connectivity index (χ0n) is 10.4. The minimum atomic E-state index is 0.296. The number of hydrogen-bond donors (Lipinski definition) is 1. The van der Waals surface area contributed by atoms with Crippen LogP contribution < -0.4 is 5.32 Å². The molecule has 1 heterocycles. The van der Waals surface area contributed by atoms with Crippen LogP contribution in [0.3, 0.4) is 0 Å².